The number of benzene rings is 1. The predicted octanol–water partition coefficient (Wildman–Crippen LogP) is 3.87. The van der Waals surface area contributed by atoms with Crippen LogP contribution in [0.2, 0.25) is 0 Å². The molecule has 0 amide bonds. The highest BCUT2D eigenvalue weighted by Crippen LogP contribution is 2.13. The lowest BCUT2D eigenvalue weighted by Crippen LogP contribution is -2.25. The molecule has 0 aliphatic heterocycles. The fraction of sp³-hybridized carbons (Fsp3) is 0.375. The highest BCUT2D eigenvalue weighted by atomic mass is 32.1. The Kier molecular flexibility index (Phi) is 5.43. The molecule has 2 rings (SSSR count). The van der Waals surface area contributed by atoms with Gasteiger partial charge in [-0.1, -0.05) is 12.1 Å². The first kappa shape index (κ1) is 14.1. The second-order valence-corrected chi connectivity index (χ2v) is 5.58. The molecule has 0 bridgehead atoms. The lowest BCUT2D eigenvalue weighted by molar-refractivity contribution is 0.414. The van der Waals surface area contributed by atoms with E-state index < -0.39 is 0 Å². The highest BCUT2D eigenvalue weighted by molar-refractivity contribution is 7.07. The molecule has 1 aromatic heterocycles. The Morgan fingerprint density at radius 1 is 1.16 bits per heavy atom. The van der Waals surface area contributed by atoms with Gasteiger partial charge in [-0.15, -0.1) is 0 Å². The zero-order chi connectivity index (χ0) is 13.5. The van der Waals surface area contributed by atoms with Gasteiger partial charge in [0.15, 0.2) is 0 Å². The average molecular weight is 275 g/mol. The van der Waals surface area contributed by atoms with Crippen LogP contribution in [-0.4, -0.2) is 13.2 Å². The summed E-state index contributed by atoms with van der Waals surface area (Å²) in [5.74, 6) is 0.924. The molecule has 2 aromatic rings. The molecule has 1 atom stereocenters. The van der Waals surface area contributed by atoms with Crippen molar-refractivity contribution in [1.29, 1.82) is 0 Å². The summed E-state index contributed by atoms with van der Waals surface area (Å²) in [6, 6.07) is 11.0. The molecule has 3 heteroatoms. The standard InChI is InChI=1S/C16H21NOS/c1-13(17-11-15-9-10-19-12-15)3-4-14-5-7-16(18-2)8-6-14/h5-10,12-13,17H,3-4,11H2,1-2H3. The summed E-state index contributed by atoms with van der Waals surface area (Å²) in [5, 5.41) is 7.88. The molecule has 1 unspecified atom stereocenters. The van der Waals surface area contributed by atoms with Gasteiger partial charge >= 0.3 is 0 Å². The Labute approximate surface area is 119 Å². The fourth-order valence-corrected chi connectivity index (χ4v) is 2.63. The molecule has 0 spiro atoms. The number of thiophene rings is 1. The smallest absolute Gasteiger partial charge is 0.118 e. The maximum atomic E-state index is 5.16. The highest BCUT2D eigenvalue weighted by Gasteiger charge is 2.03. The van der Waals surface area contributed by atoms with E-state index in [0.717, 1.165) is 25.1 Å². The normalized spacial score (nSPS) is 12.3. The van der Waals surface area contributed by atoms with Crippen molar-refractivity contribution in [1.82, 2.24) is 5.32 Å². The summed E-state index contributed by atoms with van der Waals surface area (Å²) in [5.41, 5.74) is 2.74. The van der Waals surface area contributed by atoms with Crippen LogP contribution in [0.5, 0.6) is 5.75 Å². The molecule has 102 valence electrons. The third-order valence-electron chi connectivity index (χ3n) is 3.26. The van der Waals surface area contributed by atoms with Crippen molar-refractivity contribution in [2.45, 2.75) is 32.4 Å². The van der Waals surface area contributed by atoms with Crippen LogP contribution in [0, 0.1) is 0 Å². The summed E-state index contributed by atoms with van der Waals surface area (Å²) in [4.78, 5) is 0. The lowest BCUT2D eigenvalue weighted by Gasteiger charge is -2.13. The van der Waals surface area contributed by atoms with Gasteiger partial charge in [0.25, 0.3) is 0 Å². The minimum Gasteiger partial charge on any atom is -0.497 e. The van der Waals surface area contributed by atoms with Crippen LogP contribution in [0.15, 0.2) is 41.1 Å². The molecule has 19 heavy (non-hydrogen) atoms. The van der Waals surface area contributed by atoms with Crippen molar-refractivity contribution in [3.63, 3.8) is 0 Å². The van der Waals surface area contributed by atoms with Crippen molar-refractivity contribution in [3.05, 3.63) is 52.2 Å². The molecule has 0 aliphatic rings. The van der Waals surface area contributed by atoms with E-state index in [1.807, 2.05) is 12.1 Å². The molecule has 0 aliphatic carbocycles. The first-order valence-corrected chi connectivity index (χ1v) is 7.59. The summed E-state index contributed by atoms with van der Waals surface area (Å²) in [7, 11) is 1.70. The van der Waals surface area contributed by atoms with E-state index in [-0.39, 0.29) is 0 Å². The number of rotatable bonds is 7. The van der Waals surface area contributed by atoms with E-state index in [4.69, 9.17) is 4.74 Å². The van der Waals surface area contributed by atoms with Gasteiger partial charge in [0.2, 0.25) is 0 Å². The van der Waals surface area contributed by atoms with Gasteiger partial charge < -0.3 is 10.1 Å². The Hall–Kier alpha value is -1.32. The van der Waals surface area contributed by atoms with Gasteiger partial charge in [-0.05, 0) is 59.9 Å². The largest absolute Gasteiger partial charge is 0.497 e. The summed E-state index contributed by atoms with van der Waals surface area (Å²) in [6.07, 6.45) is 2.25. The van der Waals surface area contributed by atoms with Crippen LogP contribution in [0.3, 0.4) is 0 Å². The molecule has 1 heterocycles. The first-order chi connectivity index (χ1) is 9.28. The molecule has 2 nitrogen and oxygen atoms in total. The Balaban J connectivity index is 1.71. The van der Waals surface area contributed by atoms with Crippen molar-refractivity contribution >= 4 is 11.3 Å². The fourth-order valence-electron chi connectivity index (χ4n) is 1.96. The zero-order valence-corrected chi connectivity index (χ0v) is 12.4. The summed E-state index contributed by atoms with van der Waals surface area (Å²) >= 11 is 1.75. The molecule has 0 saturated heterocycles. The SMILES string of the molecule is COc1ccc(CCC(C)NCc2ccsc2)cc1. The topological polar surface area (TPSA) is 21.3 Å². The second-order valence-electron chi connectivity index (χ2n) is 4.80. The molecular weight excluding hydrogens is 254 g/mol. The minimum atomic E-state index is 0.530. The van der Waals surface area contributed by atoms with Crippen molar-refractivity contribution < 1.29 is 4.74 Å². The number of ether oxygens (including phenoxy) is 1. The molecule has 0 saturated carbocycles. The minimum absolute atomic E-state index is 0.530. The third kappa shape index (κ3) is 4.69. The quantitative estimate of drug-likeness (QED) is 0.828. The maximum absolute atomic E-state index is 5.16. The zero-order valence-electron chi connectivity index (χ0n) is 11.6. The van der Waals surface area contributed by atoms with Gasteiger partial charge in [0.1, 0.15) is 5.75 Å². The van der Waals surface area contributed by atoms with Gasteiger partial charge in [-0.3, -0.25) is 0 Å². The van der Waals surface area contributed by atoms with Gasteiger partial charge in [-0.2, -0.15) is 11.3 Å². The predicted molar refractivity (Wildman–Crippen MR) is 81.9 cm³/mol. The van der Waals surface area contributed by atoms with E-state index >= 15 is 0 Å². The van der Waals surface area contributed by atoms with E-state index in [0.29, 0.717) is 6.04 Å². The summed E-state index contributed by atoms with van der Waals surface area (Å²) < 4.78 is 5.16. The Morgan fingerprint density at radius 2 is 1.95 bits per heavy atom. The van der Waals surface area contributed by atoms with Gasteiger partial charge in [0.05, 0.1) is 7.11 Å². The van der Waals surface area contributed by atoms with Crippen LogP contribution >= 0.6 is 11.3 Å². The number of hydrogen-bond acceptors (Lipinski definition) is 3. The number of methoxy groups -OCH3 is 1. The first-order valence-electron chi connectivity index (χ1n) is 6.65. The van der Waals surface area contributed by atoms with E-state index in [1.54, 1.807) is 18.4 Å². The Bertz CT molecular complexity index is 464. The second kappa shape index (κ2) is 7.31. The van der Waals surface area contributed by atoms with E-state index in [2.05, 4.69) is 41.2 Å². The van der Waals surface area contributed by atoms with Crippen molar-refractivity contribution in [2.75, 3.05) is 7.11 Å². The molecule has 1 N–H and O–H groups in total. The van der Waals surface area contributed by atoms with Crippen LogP contribution in [0.25, 0.3) is 0 Å². The monoisotopic (exact) mass is 275 g/mol. The van der Waals surface area contributed by atoms with Crippen molar-refractivity contribution in [3.8, 4) is 5.75 Å². The molecule has 1 aromatic carbocycles. The maximum Gasteiger partial charge on any atom is 0.118 e. The third-order valence-corrected chi connectivity index (χ3v) is 3.99. The van der Waals surface area contributed by atoms with Crippen molar-refractivity contribution in [2.24, 2.45) is 0 Å². The Morgan fingerprint density at radius 3 is 2.58 bits per heavy atom. The number of hydrogen-bond donors (Lipinski definition) is 1. The number of nitrogens with one attached hydrogen (secondary N) is 1. The van der Waals surface area contributed by atoms with Crippen LogP contribution < -0.4 is 10.1 Å². The van der Waals surface area contributed by atoms with Gasteiger partial charge in [-0.25, -0.2) is 0 Å². The van der Waals surface area contributed by atoms with Crippen LogP contribution in [0.1, 0.15) is 24.5 Å². The van der Waals surface area contributed by atoms with Crippen LogP contribution in [-0.2, 0) is 13.0 Å². The number of aryl methyl sites for hydroxylation is 1. The van der Waals surface area contributed by atoms with Gasteiger partial charge in [0, 0.05) is 12.6 Å². The lowest BCUT2D eigenvalue weighted by atomic mass is 10.1. The molecule has 0 fully saturated rings. The van der Waals surface area contributed by atoms with Crippen LogP contribution in [0.4, 0.5) is 0 Å². The summed E-state index contributed by atoms with van der Waals surface area (Å²) in [6.45, 7) is 3.21. The molecule has 0 radical (unpaired) electrons. The van der Waals surface area contributed by atoms with E-state index in [1.165, 1.54) is 11.1 Å². The average Bonchev–Trinajstić information content (AvgIpc) is 2.96. The van der Waals surface area contributed by atoms with E-state index in [9.17, 15) is 0 Å². The molecular formula is C16H21NOS.